The Labute approximate surface area is 152 Å². The molecule has 2 amide bonds. The van der Waals surface area contributed by atoms with Gasteiger partial charge in [-0.3, -0.25) is 9.59 Å². The van der Waals surface area contributed by atoms with Crippen LogP contribution in [-0.4, -0.2) is 36.9 Å². The number of nitrogens with one attached hydrogen (secondary N) is 1. The SMILES string of the molecule is CC(C)COc1cccc(C(=O)N(C)CC(=O)Nc2cccc(F)c2)c1. The van der Waals surface area contributed by atoms with Gasteiger partial charge in [-0.05, 0) is 42.3 Å². The number of rotatable bonds is 7. The maximum atomic E-state index is 13.2. The Morgan fingerprint density at radius 1 is 1.15 bits per heavy atom. The van der Waals surface area contributed by atoms with Gasteiger partial charge in [-0.1, -0.05) is 26.0 Å². The summed E-state index contributed by atoms with van der Waals surface area (Å²) in [6.07, 6.45) is 0. The molecule has 0 aliphatic heterocycles. The zero-order valence-corrected chi connectivity index (χ0v) is 15.2. The molecule has 0 fully saturated rings. The Morgan fingerprint density at radius 2 is 1.88 bits per heavy atom. The summed E-state index contributed by atoms with van der Waals surface area (Å²) in [7, 11) is 1.54. The monoisotopic (exact) mass is 358 g/mol. The van der Waals surface area contributed by atoms with Crippen molar-refractivity contribution in [2.75, 3.05) is 25.5 Å². The van der Waals surface area contributed by atoms with E-state index >= 15 is 0 Å². The number of carbonyl (C=O) groups is 2. The average molecular weight is 358 g/mol. The molecule has 138 valence electrons. The van der Waals surface area contributed by atoms with Crippen molar-refractivity contribution in [3.05, 3.63) is 59.9 Å². The van der Waals surface area contributed by atoms with Gasteiger partial charge in [0.15, 0.2) is 0 Å². The van der Waals surface area contributed by atoms with Gasteiger partial charge in [0, 0.05) is 18.3 Å². The summed E-state index contributed by atoms with van der Waals surface area (Å²) in [5, 5.41) is 2.57. The molecular weight excluding hydrogens is 335 g/mol. The van der Waals surface area contributed by atoms with Crippen LogP contribution < -0.4 is 10.1 Å². The van der Waals surface area contributed by atoms with Crippen LogP contribution in [0.25, 0.3) is 0 Å². The smallest absolute Gasteiger partial charge is 0.254 e. The van der Waals surface area contributed by atoms with Crippen molar-refractivity contribution < 1.29 is 18.7 Å². The number of amides is 2. The molecule has 0 spiro atoms. The summed E-state index contributed by atoms with van der Waals surface area (Å²) in [5.74, 6) is -0.149. The standard InChI is InChI=1S/C20H23FN2O3/c1-14(2)13-26-18-9-4-6-15(10-18)20(25)23(3)12-19(24)22-17-8-5-7-16(21)11-17/h4-11,14H,12-13H2,1-3H3,(H,22,24). The van der Waals surface area contributed by atoms with Crippen LogP contribution in [0.4, 0.5) is 10.1 Å². The molecule has 26 heavy (non-hydrogen) atoms. The van der Waals surface area contributed by atoms with E-state index < -0.39 is 11.7 Å². The maximum absolute atomic E-state index is 13.2. The Hall–Kier alpha value is -2.89. The molecule has 0 aliphatic carbocycles. The lowest BCUT2D eigenvalue weighted by molar-refractivity contribution is -0.116. The minimum absolute atomic E-state index is 0.146. The number of likely N-dealkylation sites (N-methyl/N-ethyl adjacent to an activating group) is 1. The van der Waals surface area contributed by atoms with Gasteiger partial charge < -0.3 is 15.0 Å². The quantitative estimate of drug-likeness (QED) is 0.823. The van der Waals surface area contributed by atoms with E-state index in [4.69, 9.17) is 4.74 Å². The predicted molar refractivity (Wildman–Crippen MR) is 98.8 cm³/mol. The van der Waals surface area contributed by atoms with Crippen molar-refractivity contribution in [3.63, 3.8) is 0 Å². The number of hydrogen-bond donors (Lipinski definition) is 1. The number of ether oxygens (including phenoxy) is 1. The zero-order chi connectivity index (χ0) is 19.1. The Morgan fingerprint density at radius 3 is 2.58 bits per heavy atom. The van der Waals surface area contributed by atoms with Crippen molar-refractivity contribution in [2.45, 2.75) is 13.8 Å². The van der Waals surface area contributed by atoms with Crippen molar-refractivity contribution in [1.29, 1.82) is 0 Å². The molecule has 0 radical (unpaired) electrons. The Kier molecular flexibility index (Phi) is 6.72. The summed E-state index contributed by atoms with van der Waals surface area (Å²) >= 11 is 0. The Bertz CT molecular complexity index is 777. The lowest BCUT2D eigenvalue weighted by atomic mass is 10.2. The van der Waals surface area contributed by atoms with Crippen LogP contribution in [0.1, 0.15) is 24.2 Å². The summed E-state index contributed by atoms with van der Waals surface area (Å²) < 4.78 is 18.8. The first-order valence-electron chi connectivity index (χ1n) is 8.39. The predicted octanol–water partition coefficient (Wildman–Crippen LogP) is 3.57. The van der Waals surface area contributed by atoms with Gasteiger partial charge in [-0.2, -0.15) is 0 Å². The fraction of sp³-hybridized carbons (Fsp3) is 0.300. The molecule has 0 saturated carbocycles. The van der Waals surface area contributed by atoms with Crippen LogP contribution in [0.5, 0.6) is 5.75 Å². The van der Waals surface area contributed by atoms with Crippen LogP contribution in [0.15, 0.2) is 48.5 Å². The molecule has 0 aromatic heterocycles. The van der Waals surface area contributed by atoms with E-state index in [-0.39, 0.29) is 12.5 Å². The van der Waals surface area contributed by atoms with E-state index in [9.17, 15) is 14.0 Å². The number of anilines is 1. The second-order valence-corrected chi connectivity index (χ2v) is 6.45. The Balaban J connectivity index is 1.96. The van der Waals surface area contributed by atoms with Crippen LogP contribution in [-0.2, 0) is 4.79 Å². The third-order valence-electron chi connectivity index (χ3n) is 3.50. The minimum atomic E-state index is -0.439. The van der Waals surface area contributed by atoms with Crippen molar-refractivity contribution in [2.24, 2.45) is 5.92 Å². The first-order chi connectivity index (χ1) is 12.3. The van der Waals surface area contributed by atoms with Gasteiger partial charge >= 0.3 is 0 Å². The molecule has 0 unspecified atom stereocenters. The molecule has 0 saturated heterocycles. The van der Waals surface area contributed by atoms with Crippen molar-refractivity contribution in [3.8, 4) is 5.75 Å². The second-order valence-electron chi connectivity index (χ2n) is 6.45. The topological polar surface area (TPSA) is 58.6 Å². The zero-order valence-electron chi connectivity index (χ0n) is 15.2. The highest BCUT2D eigenvalue weighted by Gasteiger charge is 2.16. The van der Waals surface area contributed by atoms with Gasteiger partial charge in [-0.25, -0.2) is 4.39 Å². The molecule has 6 heteroatoms. The fourth-order valence-electron chi connectivity index (χ4n) is 2.26. The fourth-order valence-corrected chi connectivity index (χ4v) is 2.26. The summed E-state index contributed by atoms with van der Waals surface area (Å²) in [4.78, 5) is 25.9. The van der Waals surface area contributed by atoms with Crippen molar-refractivity contribution in [1.82, 2.24) is 4.90 Å². The van der Waals surface area contributed by atoms with Gasteiger partial charge in [0.2, 0.25) is 5.91 Å². The lowest BCUT2D eigenvalue weighted by Gasteiger charge is -2.17. The van der Waals surface area contributed by atoms with E-state index in [2.05, 4.69) is 5.32 Å². The van der Waals surface area contributed by atoms with Crippen LogP contribution in [0, 0.1) is 11.7 Å². The second kappa shape index (κ2) is 8.99. The molecule has 0 heterocycles. The molecule has 2 aromatic carbocycles. The molecular formula is C20H23FN2O3. The molecule has 2 aromatic rings. The first kappa shape index (κ1) is 19.4. The number of benzene rings is 2. The molecule has 0 atom stereocenters. The molecule has 0 bridgehead atoms. The number of halogens is 1. The first-order valence-corrected chi connectivity index (χ1v) is 8.39. The lowest BCUT2D eigenvalue weighted by Crippen LogP contribution is -2.34. The molecule has 0 aliphatic rings. The van der Waals surface area contributed by atoms with Gasteiger partial charge in [0.25, 0.3) is 5.91 Å². The summed E-state index contributed by atoms with van der Waals surface area (Å²) in [5.41, 5.74) is 0.784. The highest BCUT2D eigenvalue weighted by Crippen LogP contribution is 2.16. The van der Waals surface area contributed by atoms with E-state index in [1.165, 1.54) is 30.1 Å². The van der Waals surface area contributed by atoms with Crippen LogP contribution in [0.3, 0.4) is 0 Å². The van der Waals surface area contributed by atoms with Crippen LogP contribution in [0.2, 0.25) is 0 Å². The number of hydrogen-bond acceptors (Lipinski definition) is 3. The van der Waals surface area contributed by atoms with E-state index in [0.717, 1.165) is 0 Å². The minimum Gasteiger partial charge on any atom is -0.493 e. The third kappa shape index (κ3) is 5.88. The molecule has 5 nitrogen and oxygen atoms in total. The van der Waals surface area contributed by atoms with Gasteiger partial charge in [-0.15, -0.1) is 0 Å². The third-order valence-corrected chi connectivity index (χ3v) is 3.50. The average Bonchev–Trinajstić information content (AvgIpc) is 2.59. The van der Waals surface area contributed by atoms with Gasteiger partial charge in [0.05, 0.1) is 13.2 Å². The molecule has 1 N–H and O–H groups in total. The van der Waals surface area contributed by atoms with E-state index in [1.807, 2.05) is 13.8 Å². The summed E-state index contributed by atoms with van der Waals surface area (Å²) in [6, 6.07) is 12.5. The number of nitrogens with zero attached hydrogens (tertiary/aromatic N) is 1. The summed E-state index contributed by atoms with van der Waals surface area (Å²) in [6.45, 7) is 4.50. The van der Waals surface area contributed by atoms with Crippen LogP contribution >= 0.6 is 0 Å². The highest BCUT2D eigenvalue weighted by atomic mass is 19.1. The maximum Gasteiger partial charge on any atom is 0.254 e. The van der Waals surface area contributed by atoms with E-state index in [0.29, 0.717) is 29.5 Å². The highest BCUT2D eigenvalue weighted by molar-refractivity contribution is 5.99. The van der Waals surface area contributed by atoms with Crippen molar-refractivity contribution >= 4 is 17.5 Å². The van der Waals surface area contributed by atoms with E-state index in [1.54, 1.807) is 30.3 Å². The number of carbonyl (C=O) groups excluding carboxylic acids is 2. The largest absolute Gasteiger partial charge is 0.493 e. The molecule has 2 rings (SSSR count). The normalized spacial score (nSPS) is 10.5. The van der Waals surface area contributed by atoms with Gasteiger partial charge in [0.1, 0.15) is 11.6 Å².